The first-order valence-electron chi connectivity index (χ1n) is 11.2. The second-order valence-electron chi connectivity index (χ2n) is 8.90. The van der Waals surface area contributed by atoms with Gasteiger partial charge in [-0.15, -0.1) is 0 Å². The molecular weight excluding hydrogens is 432 g/mol. The third-order valence-electron chi connectivity index (χ3n) is 7.34. The number of carbonyl (C=O) groups excluding carboxylic acids is 2. The maximum atomic E-state index is 13.3. The summed E-state index contributed by atoms with van der Waals surface area (Å²) in [6.45, 7) is 3.90. The molecule has 0 bridgehead atoms. The Balaban J connectivity index is 1.53. The Labute approximate surface area is 194 Å². The first-order chi connectivity index (χ1) is 15.4. The number of hydrogen-bond donors (Lipinski definition) is 1. The van der Waals surface area contributed by atoms with Gasteiger partial charge in [0.2, 0.25) is 0 Å². The van der Waals surface area contributed by atoms with Gasteiger partial charge in [0, 0.05) is 30.7 Å². The number of methoxy groups -OCH3 is 3. The van der Waals surface area contributed by atoms with E-state index in [1.807, 2.05) is 6.07 Å². The highest BCUT2D eigenvalue weighted by molar-refractivity contribution is 6.33. The van der Waals surface area contributed by atoms with E-state index in [0.717, 1.165) is 38.0 Å². The molecule has 1 N–H and O–H groups in total. The lowest BCUT2D eigenvalue weighted by molar-refractivity contribution is -0.137. The van der Waals surface area contributed by atoms with Crippen LogP contribution in [0, 0.1) is 17.8 Å². The first kappa shape index (κ1) is 22.9. The second-order valence-corrected chi connectivity index (χ2v) is 9.31. The number of nitrogens with zero attached hydrogens (tertiary/aromatic N) is 1. The summed E-state index contributed by atoms with van der Waals surface area (Å²) in [6, 6.07) is 3.62. The maximum Gasteiger partial charge on any atom is 0.337 e. The molecule has 0 saturated carbocycles. The molecule has 4 rings (SSSR count). The van der Waals surface area contributed by atoms with Crippen molar-refractivity contribution in [2.45, 2.75) is 38.3 Å². The van der Waals surface area contributed by atoms with E-state index in [1.165, 1.54) is 20.5 Å². The molecule has 1 aromatic carbocycles. The van der Waals surface area contributed by atoms with Crippen LogP contribution in [0.15, 0.2) is 24.0 Å². The summed E-state index contributed by atoms with van der Waals surface area (Å²) in [5, 5.41) is 3.87. The van der Waals surface area contributed by atoms with E-state index in [-0.39, 0.29) is 29.6 Å². The van der Waals surface area contributed by atoms with Crippen molar-refractivity contribution in [3.8, 4) is 5.75 Å². The van der Waals surface area contributed by atoms with Crippen molar-refractivity contribution < 1.29 is 23.8 Å². The number of rotatable bonds is 6. The Morgan fingerprint density at radius 3 is 2.69 bits per heavy atom. The molecule has 32 heavy (non-hydrogen) atoms. The predicted molar refractivity (Wildman–Crippen MR) is 122 cm³/mol. The molecule has 3 heterocycles. The molecule has 0 amide bonds. The van der Waals surface area contributed by atoms with Gasteiger partial charge in [0.15, 0.2) is 5.78 Å². The molecule has 0 spiro atoms. The van der Waals surface area contributed by atoms with Crippen LogP contribution in [0.25, 0.3) is 0 Å². The molecular formula is C24H31ClN2O5. The average molecular weight is 463 g/mol. The third-order valence-corrected chi connectivity index (χ3v) is 7.64. The topological polar surface area (TPSA) is 77.1 Å². The number of ether oxygens (including phenoxy) is 3. The Hall–Kier alpha value is -2.25. The van der Waals surface area contributed by atoms with Gasteiger partial charge in [-0.25, -0.2) is 4.79 Å². The number of ketones is 1. The number of carbonyl (C=O) groups is 2. The number of benzene rings is 1. The highest BCUT2D eigenvalue weighted by Crippen LogP contribution is 2.45. The maximum absolute atomic E-state index is 13.3. The lowest BCUT2D eigenvalue weighted by atomic mass is 9.76. The van der Waals surface area contributed by atoms with Crippen molar-refractivity contribution in [1.29, 1.82) is 0 Å². The zero-order chi connectivity index (χ0) is 23.0. The molecule has 7 nitrogen and oxygen atoms in total. The molecule has 2 saturated heterocycles. The Morgan fingerprint density at radius 2 is 2.03 bits per heavy atom. The van der Waals surface area contributed by atoms with Crippen LogP contribution >= 0.6 is 11.6 Å². The zero-order valence-electron chi connectivity index (χ0n) is 19.0. The number of halogens is 1. The van der Waals surface area contributed by atoms with Gasteiger partial charge in [-0.1, -0.05) is 24.9 Å². The number of anilines is 1. The summed E-state index contributed by atoms with van der Waals surface area (Å²) >= 11 is 6.25. The van der Waals surface area contributed by atoms with E-state index in [4.69, 9.17) is 25.8 Å². The highest BCUT2D eigenvalue weighted by Gasteiger charge is 2.48. The third kappa shape index (κ3) is 3.86. The largest absolute Gasteiger partial charge is 0.504 e. The number of nitrogens with one attached hydrogen (secondary N) is 1. The number of piperidine rings is 1. The van der Waals surface area contributed by atoms with Crippen molar-refractivity contribution in [2.75, 3.05) is 39.7 Å². The molecule has 0 radical (unpaired) electrons. The highest BCUT2D eigenvalue weighted by atomic mass is 35.5. The van der Waals surface area contributed by atoms with Gasteiger partial charge in [0.1, 0.15) is 5.75 Å². The van der Waals surface area contributed by atoms with Crippen LogP contribution in [0.2, 0.25) is 5.02 Å². The van der Waals surface area contributed by atoms with Crippen LogP contribution in [-0.4, -0.2) is 63.2 Å². The molecule has 3 aliphatic heterocycles. The fraction of sp³-hybridized carbons (Fsp3) is 0.583. The lowest BCUT2D eigenvalue weighted by Crippen LogP contribution is -2.45. The Morgan fingerprint density at radius 1 is 1.25 bits per heavy atom. The molecule has 5 atom stereocenters. The summed E-state index contributed by atoms with van der Waals surface area (Å²) in [6.07, 6.45) is 4.23. The fourth-order valence-electron chi connectivity index (χ4n) is 5.82. The fourth-order valence-corrected chi connectivity index (χ4v) is 6.05. The van der Waals surface area contributed by atoms with Gasteiger partial charge in [-0.3, -0.25) is 9.69 Å². The minimum atomic E-state index is -0.328. The Bertz CT molecular complexity index is 933. The van der Waals surface area contributed by atoms with E-state index < -0.39 is 0 Å². The molecule has 0 aliphatic carbocycles. The summed E-state index contributed by atoms with van der Waals surface area (Å²) in [5.41, 5.74) is 1.94. The molecule has 8 heteroatoms. The number of hydrogen-bond acceptors (Lipinski definition) is 7. The number of Topliss-reactive ketones (excluding diaryl/α,β-unsaturated/α-hetero) is 1. The minimum Gasteiger partial charge on any atom is -0.504 e. The molecule has 3 aliphatic rings. The van der Waals surface area contributed by atoms with Crippen molar-refractivity contribution in [1.82, 2.24) is 4.90 Å². The summed E-state index contributed by atoms with van der Waals surface area (Å²) in [5.74, 6) is 0.739. The average Bonchev–Trinajstić information content (AvgIpc) is 3.36. The quantitative estimate of drug-likeness (QED) is 0.391. The summed E-state index contributed by atoms with van der Waals surface area (Å²) in [4.78, 5) is 28.2. The SMILES string of the molecule is CC[C@@H]1CN2CC(C3Nc4ccc(Cl)c(OC)c4C3=O)CC2C[C@@H]1/C(=C\OC)C(=O)OC. The van der Waals surface area contributed by atoms with E-state index >= 15 is 0 Å². The monoisotopic (exact) mass is 462 g/mol. The van der Waals surface area contributed by atoms with E-state index in [9.17, 15) is 9.59 Å². The summed E-state index contributed by atoms with van der Waals surface area (Å²) in [7, 11) is 4.50. The van der Waals surface area contributed by atoms with Crippen LogP contribution in [0.1, 0.15) is 36.5 Å². The van der Waals surface area contributed by atoms with E-state index in [2.05, 4.69) is 17.1 Å². The molecule has 3 unspecified atom stereocenters. The van der Waals surface area contributed by atoms with Crippen LogP contribution in [0.3, 0.4) is 0 Å². The van der Waals surface area contributed by atoms with Gasteiger partial charge in [-0.05, 0) is 36.8 Å². The number of fused-ring (bicyclic) bond motifs is 2. The van der Waals surface area contributed by atoms with E-state index in [1.54, 1.807) is 13.2 Å². The van der Waals surface area contributed by atoms with Crippen LogP contribution in [0.4, 0.5) is 5.69 Å². The first-order valence-corrected chi connectivity index (χ1v) is 11.5. The van der Waals surface area contributed by atoms with Gasteiger partial charge in [-0.2, -0.15) is 0 Å². The molecule has 174 valence electrons. The van der Waals surface area contributed by atoms with Gasteiger partial charge in [0.25, 0.3) is 0 Å². The van der Waals surface area contributed by atoms with Gasteiger partial charge < -0.3 is 19.5 Å². The van der Waals surface area contributed by atoms with Gasteiger partial charge >= 0.3 is 5.97 Å². The van der Waals surface area contributed by atoms with Crippen LogP contribution in [-0.2, 0) is 14.3 Å². The van der Waals surface area contributed by atoms with Gasteiger partial charge in [0.05, 0.1) is 49.8 Å². The smallest absolute Gasteiger partial charge is 0.337 e. The minimum absolute atomic E-state index is 0.0438. The van der Waals surface area contributed by atoms with Crippen molar-refractivity contribution in [2.24, 2.45) is 17.8 Å². The molecule has 0 aromatic heterocycles. The molecule has 2 fully saturated rings. The standard InChI is InChI=1S/C24H31ClN2O5/c1-5-13-10-27-11-14(8-15(27)9-16(13)17(12-30-2)24(29)32-4)21-22(28)20-19(26-21)7-6-18(25)23(20)31-3/h6-7,12-16,21,26H,5,8-11H2,1-4H3/b17-12+/t13-,14?,15?,16+,21?/m1/s1. The number of esters is 1. The van der Waals surface area contributed by atoms with Crippen LogP contribution in [0.5, 0.6) is 5.75 Å². The van der Waals surface area contributed by atoms with E-state index in [0.29, 0.717) is 33.9 Å². The molecule has 1 aromatic rings. The lowest BCUT2D eigenvalue weighted by Gasteiger charge is -2.41. The van der Waals surface area contributed by atoms with Crippen LogP contribution < -0.4 is 10.1 Å². The summed E-state index contributed by atoms with van der Waals surface area (Å²) < 4.78 is 15.7. The normalized spacial score (nSPS) is 29.8. The second kappa shape index (κ2) is 9.32. The zero-order valence-corrected chi connectivity index (χ0v) is 19.8. The Kier molecular flexibility index (Phi) is 6.67. The van der Waals surface area contributed by atoms with Crippen molar-refractivity contribution >= 4 is 29.0 Å². The predicted octanol–water partition coefficient (Wildman–Crippen LogP) is 3.77. The van der Waals surface area contributed by atoms with Crippen molar-refractivity contribution in [3.63, 3.8) is 0 Å². The van der Waals surface area contributed by atoms with Crippen molar-refractivity contribution in [3.05, 3.63) is 34.6 Å².